The normalized spacial score (nSPS) is 19.1. The zero-order valence-electron chi connectivity index (χ0n) is 12.2. The Bertz CT molecular complexity index is 666. The Morgan fingerprint density at radius 2 is 2.04 bits per heavy atom. The van der Waals surface area contributed by atoms with E-state index in [4.69, 9.17) is 4.42 Å². The Hall–Kier alpha value is -2.32. The van der Waals surface area contributed by atoms with Crippen LogP contribution in [0.1, 0.15) is 30.5 Å². The lowest BCUT2D eigenvalue weighted by molar-refractivity contribution is -0.157. The highest BCUT2D eigenvalue weighted by Gasteiger charge is 2.39. The first-order valence-corrected chi connectivity index (χ1v) is 7.22. The van der Waals surface area contributed by atoms with E-state index in [2.05, 4.69) is 10.2 Å². The van der Waals surface area contributed by atoms with E-state index in [9.17, 15) is 18.0 Å². The molecule has 1 saturated heterocycles. The van der Waals surface area contributed by atoms with Gasteiger partial charge >= 0.3 is 12.1 Å². The lowest BCUT2D eigenvalue weighted by Gasteiger charge is -2.31. The minimum Gasteiger partial charge on any atom is -0.417 e. The Balaban J connectivity index is 1.66. The SMILES string of the molecule is O=C(Cn1cccc1)N1CCCC(c2nnc(C(F)(F)F)o2)C1. The van der Waals surface area contributed by atoms with Crippen molar-refractivity contribution in [3.63, 3.8) is 0 Å². The Morgan fingerprint density at radius 3 is 2.70 bits per heavy atom. The molecule has 1 unspecified atom stereocenters. The largest absolute Gasteiger partial charge is 0.470 e. The second-order valence-electron chi connectivity index (χ2n) is 5.48. The minimum atomic E-state index is -4.65. The first-order valence-electron chi connectivity index (χ1n) is 7.22. The summed E-state index contributed by atoms with van der Waals surface area (Å²) in [6, 6.07) is 3.65. The smallest absolute Gasteiger partial charge is 0.417 e. The molecule has 1 aliphatic heterocycles. The van der Waals surface area contributed by atoms with Crippen molar-refractivity contribution in [3.8, 4) is 0 Å². The van der Waals surface area contributed by atoms with Crippen LogP contribution < -0.4 is 0 Å². The second-order valence-corrected chi connectivity index (χ2v) is 5.48. The maximum absolute atomic E-state index is 12.5. The maximum Gasteiger partial charge on any atom is 0.470 e. The summed E-state index contributed by atoms with van der Waals surface area (Å²) in [7, 11) is 0. The molecule has 124 valence electrons. The highest BCUT2D eigenvalue weighted by molar-refractivity contribution is 5.76. The number of likely N-dealkylation sites (tertiary alicyclic amines) is 1. The van der Waals surface area contributed by atoms with Crippen molar-refractivity contribution >= 4 is 5.91 Å². The van der Waals surface area contributed by atoms with Gasteiger partial charge in [-0.15, -0.1) is 10.2 Å². The van der Waals surface area contributed by atoms with Crippen LogP contribution in [0.25, 0.3) is 0 Å². The topological polar surface area (TPSA) is 64.2 Å². The van der Waals surface area contributed by atoms with Crippen molar-refractivity contribution in [1.82, 2.24) is 19.7 Å². The first kappa shape index (κ1) is 15.6. The standard InChI is InChI=1S/C14H15F3N4O2/c15-14(16,17)13-19-18-12(23-13)10-4-3-7-21(8-10)11(22)9-20-5-1-2-6-20/h1-2,5-6,10H,3-4,7-9H2. The van der Waals surface area contributed by atoms with Crippen LogP contribution in [0.5, 0.6) is 0 Å². The highest BCUT2D eigenvalue weighted by atomic mass is 19.4. The van der Waals surface area contributed by atoms with E-state index in [1.807, 2.05) is 12.1 Å². The molecule has 0 radical (unpaired) electrons. The summed E-state index contributed by atoms with van der Waals surface area (Å²) in [4.78, 5) is 13.9. The Kier molecular flexibility index (Phi) is 4.10. The van der Waals surface area contributed by atoms with Gasteiger partial charge in [0.2, 0.25) is 11.8 Å². The van der Waals surface area contributed by atoms with Crippen molar-refractivity contribution in [2.75, 3.05) is 13.1 Å². The lowest BCUT2D eigenvalue weighted by Crippen LogP contribution is -2.40. The molecule has 0 aliphatic carbocycles. The molecule has 23 heavy (non-hydrogen) atoms. The molecule has 3 rings (SSSR count). The first-order chi connectivity index (χ1) is 10.9. The summed E-state index contributed by atoms with van der Waals surface area (Å²) in [5.74, 6) is -1.85. The molecule has 3 heterocycles. The van der Waals surface area contributed by atoms with Crippen molar-refractivity contribution in [2.24, 2.45) is 0 Å². The lowest BCUT2D eigenvalue weighted by atomic mass is 9.98. The van der Waals surface area contributed by atoms with Gasteiger partial charge in [0.05, 0.1) is 5.92 Å². The number of rotatable bonds is 3. The molecule has 2 aromatic rings. The van der Waals surface area contributed by atoms with E-state index in [1.165, 1.54) is 0 Å². The number of nitrogens with zero attached hydrogens (tertiary/aromatic N) is 4. The van der Waals surface area contributed by atoms with Gasteiger partial charge in [-0.2, -0.15) is 13.2 Å². The predicted octanol–water partition coefficient (Wildman–Crippen LogP) is 2.30. The fourth-order valence-electron chi connectivity index (χ4n) is 2.65. The van der Waals surface area contributed by atoms with Crippen molar-refractivity contribution in [1.29, 1.82) is 0 Å². The van der Waals surface area contributed by atoms with Crippen LogP contribution in [0.4, 0.5) is 13.2 Å². The fraction of sp³-hybridized carbons (Fsp3) is 0.500. The molecule has 0 N–H and O–H groups in total. The van der Waals surface area contributed by atoms with Gasteiger partial charge in [-0.05, 0) is 25.0 Å². The highest BCUT2D eigenvalue weighted by Crippen LogP contribution is 2.32. The predicted molar refractivity (Wildman–Crippen MR) is 72.3 cm³/mol. The number of alkyl halides is 3. The van der Waals surface area contributed by atoms with Crippen LogP contribution in [0.3, 0.4) is 0 Å². The number of hydrogen-bond acceptors (Lipinski definition) is 4. The number of aromatic nitrogens is 3. The van der Waals surface area contributed by atoms with Crippen LogP contribution in [0.15, 0.2) is 28.9 Å². The monoisotopic (exact) mass is 328 g/mol. The zero-order chi connectivity index (χ0) is 16.4. The summed E-state index contributed by atoms with van der Waals surface area (Å²) < 4.78 is 44.0. The Labute approximate surface area is 129 Å². The number of piperidine rings is 1. The average molecular weight is 328 g/mol. The van der Waals surface area contributed by atoms with Gasteiger partial charge in [-0.3, -0.25) is 4.79 Å². The molecular weight excluding hydrogens is 313 g/mol. The number of amides is 1. The average Bonchev–Trinajstić information content (AvgIpc) is 3.18. The summed E-state index contributed by atoms with van der Waals surface area (Å²) in [5.41, 5.74) is 0. The van der Waals surface area contributed by atoms with Gasteiger partial charge < -0.3 is 13.9 Å². The number of carbonyl (C=O) groups excluding carboxylic acids is 1. The van der Waals surface area contributed by atoms with Gasteiger partial charge in [0, 0.05) is 25.5 Å². The van der Waals surface area contributed by atoms with E-state index >= 15 is 0 Å². The van der Waals surface area contributed by atoms with E-state index in [1.54, 1.807) is 21.9 Å². The molecule has 6 nitrogen and oxygen atoms in total. The summed E-state index contributed by atoms with van der Waals surface area (Å²) in [6.07, 6.45) is 0.225. The third kappa shape index (κ3) is 3.54. The third-order valence-corrected chi connectivity index (χ3v) is 3.79. The molecule has 2 aromatic heterocycles. The molecule has 1 aliphatic rings. The van der Waals surface area contributed by atoms with Gasteiger partial charge in [-0.1, -0.05) is 0 Å². The van der Waals surface area contributed by atoms with Crippen LogP contribution in [0, 0.1) is 0 Å². The number of halogens is 3. The van der Waals surface area contributed by atoms with Gasteiger partial charge in [-0.25, -0.2) is 0 Å². The summed E-state index contributed by atoms with van der Waals surface area (Å²) in [5, 5.41) is 6.54. The van der Waals surface area contributed by atoms with Crippen LogP contribution >= 0.6 is 0 Å². The molecular formula is C14H15F3N4O2. The van der Waals surface area contributed by atoms with Crippen molar-refractivity contribution in [2.45, 2.75) is 31.5 Å². The molecule has 0 saturated carbocycles. The van der Waals surface area contributed by atoms with Gasteiger partial charge in [0.25, 0.3) is 0 Å². The van der Waals surface area contributed by atoms with Crippen molar-refractivity contribution < 1.29 is 22.4 Å². The van der Waals surface area contributed by atoms with E-state index in [-0.39, 0.29) is 24.3 Å². The minimum absolute atomic E-state index is 0.0595. The molecule has 1 fully saturated rings. The second kappa shape index (κ2) is 6.05. The Morgan fingerprint density at radius 1 is 1.30 bits per heavy atom. The maximum atomic E-state index is 12.5. The quantitative estimate of drug-likeness (QED) is 0.867. The summed E-state index contributed by atoms with van der Waals surface area (Å²) >= 11 is 0. The zero-order valence-corrected chi connectivity index (χ0v) is 12.2. The fourth-order valence-corrected chi connectivity index (χ4v) is 2.65. The number of hydrogen-bond donors (Lipinski definition) is 0. The van der Waals surface area contributed by atoms with Gasteiger partial charge in [0.1, 0.15) is 6.54 Å². The van der Waals surface area contributed by atoms with Gasteiger partial charge in [0.15, 0.2) is 0 Å². The number of carbonyl (C=O) groups is 1. The molecule has 1 amide bonds. The molecule has 0 aromatic carbocycles. The van der Waals surface area contributed by atoms with E-state index in [0.29, 0.717) is 25.9 Å². The molecule has 0 spiro atoms. The summed E-state index contributed by atoms with van der Waals surface area (Å²) in [6.45, 7) is 1.08. The van der Waals surface area contributed by atoms with Crippen LogP contribution in [-0.4, -0.2) is 38.7 Å². The van der Waals surface area contributed by atoms with Crippen molar-refractivity contribution in [3.05, 3.63) is 36.3 Å². The molecule has 1 atom stereocenters. The third-order valence-electron chi connectivity index (χ3n) is 3.79. The van der Waals surface area contributed by atoms with E-state index in [0.717, 1.165) is 0 Å². The van der Waals surface area contributed by atoms with Crippen LogP contribution in [-0.2, 0) is 17.5 Å². The molecule has 0 bridgehead atoms. The molecule has 9 heteroatoms. The van der Waals surface area contributed by atoms with E-state index < -0.39 is 12.1 Å². The van der Waals surface area contributed by atoms with Crippen LogP contribution in [0.2, 0.25) is 0 Å².